The Balaban J connectivity index is 2.82. The lowest BCUT2D eigenvalue weighted by Gasteiger charge is -2.05. The normalized spacial score (nSPS) is 9.67. The number of nitrogens with two attached hydrogens (primary N) is 2. The van der Waals surface area contributed by atoms with Crippen molar-refractivity contribution in [1.29, 1.82) is 0 Å². The summed E-state index contributed by atoms with van der Waals surface area (Å²) in [6, 6.07) is 4.78. The summed E-state index contributed by atoms with van der Waals surface area (Å²) in [6.45, 7) is -0.444. The Hall–Kier alpha value is -1.56. The van der Waals surface area contributed by atoms with Gasteiger partial charge in [0.2, 0.25) is 0 Å². The minimum atomic E-state index is -0.705. The first-order valence-electron chi connectivity index (χ1n) is 4.01. The van der Waals surface area contributed by atoms with Crippen LogP contribution in [0.15, 0.2) is 22.7 Å². The summed E-state index contributed by atoms with van der Waals surface area (Å²) >= 11 is 3.15. The molecular formula is C9H9BrN2O3. The van der Waals surface area contributed by atoms with Crippen LogP contribution in [0.1, 0.15) is 10.4 Å². The van der Waals surface area contributed by atoms with Crippen LogP contribution in [0.2, 0.25) is 0 Å². The summed E-state index contributed by atoms with van der Waals surface area (Å²) in [5, 5.41) is 0. The van der Waals surface area contributed by atoms with E-state index in [1.807, 2.05) is 0 Å². The van der Waals surface area contributed by atoms with Crippen molar-refractivity contribution in [3.63, 3.8) is 0 Å². The molecule has 5 nitrogen and oxygen atoms in total. The SMILES string of the molecule is NC(=O)COC(=O)c1cccc(N)c1Br. The first kappa shape index (κ1) is 11.5. The van der Waals surface area contributed by atoms with E-state index in [-0.39, 0.29) is 5.56 Å². The van der Waals surface area contributed by atoms with Crippen LogP contribution in [-0.4, -0.2) is 18.5 Å². The van der Waals surface area contributed by atoms with Gasteiger partial charge in [0.25, 0.3) is 5.91 Å². The number of ether oxygens (including phenoxy) is 1. The summed E-state index contributed by atoms with van der Waals surface area (Å²) in [5.74, 6) is -1.35. The van der Waals surface area contributed by atoms with E-state index in [0.29, 0.717) is 10.2 Å². The molecular weight excluding hydrogens is 264 g/mol. The molecule has 0 spiro atoms. The zero-order chi connectivity index (χ0) is 11.4. The van der Waals surface area contributed by atoms with Crippen LogP contribution < -0.4 is 11.5 Å². The van der Waals surface area contributed by atoms with Crippen molar-refractivity contribution < 1.29 is 14.3 Å². The highest BCUT2D eigenvalue weighted by Crippen LogP contribution is 2.24. The van der Waals surface area contributed by atoms with E-state index in [2.05, 4.69) is 20.7 Å². The number of amides is 1. The third-order valence-corrected chi connectivity index (χ3v) is 2.48. The molecule has 4 N–H and O–H groups in total. The van der Waals surface area contributed by atoms with Gasteiger partial charge >= 0.3 is 5.97 Å². The Kier molecular flexibility index (Phi) is 3.68. The molecule has 1 aromatic carbocycles. The Labute approximate surface area is 94.5 Å². The molecule has 80 valence electrons. The van der Waals surface area contributed by atoms with Crippen molar-refractivity contribution in [2.24, 2.45) is 5.73 Å². The lowest BCUT2D eigenvalue weighted by Crippen LogP contribution is -2.21. The highest BCUT2D eigenvalue weighted by molar-refractivity contribution is 9.10. The number of nitrogen functional groups attached to an aromatic ring is 1. The molecule has 0 aliphatic rings. The molecule has 0 saturated heterocycles. The molecule has 0 radical (unpaired) electrons. The van der Waals surface area contributed by atoms with Gasteiger partial charge in [0.15, 0.2) is 6.61 Å². The molecule has 0 bridgehead atoms. The van der Waals surface area contributed by atoms with Gasteiger partial charge in [-0.2, -0.15) is 0 Å². The van der Waals surface area contributed by atoms with E-state index < -0.39 is 18.5 Å². The second-order valence-electron chi connectivity index (χ2n) is 2.75. The third kappa shape index (κ3) is 2.95. The van der Waals surface area contributed by atoms with Gasteiger partial charge < -0.3 is 16.2 Å². The average molecular weight is 273 g/mol. The molecule has 0 heterocycles. The zero-order valence-electron chi connectivity index (χ0n) is 7.70. The molecule has 0 aromatic heterocycles. The van der Waals surface area contributed by atoms with Gasteiger partial charge in [0.05, 0.1) is 10.0 Å². The van der Waals surface area contributed by atoms with E-state index >= 15 is 0 Å². The number of anilines is 1. The smallest absolute Gasteiger partial charge is 0.339 e. The van der Waals surface area contributed by atoms with E-state index in [4.69, 9.17) is 11.5 Å². The minimum Gasteiger partial charge on any atom is -0.452 e. The second-order valence-corrected chi connectivity index (χ2v) is 3.54. The summed E-state index contributed by atoms with van der Waals surface area (Å²) < 4.78 is 5.07. The number of benzene rings is 1. The topological polar surface area (TPSA) is 95.4 Å². The molecule has 6 heteroatoms. The summed E-state index contributed by atoms with van der Waals surface area (Å²) in [4.78, 5) is 21.8. The maximum atomic E-state index is 11.4. The van der Waals surface area contributed by atoms with Crippen LogP contribution in [-0.2, 0) is 9.53 Å². The number of hydrogen-bond donors (Lipinski definition) is 2. The molecule has 1 amide bonds. The van der Waals surface area contributed by atoms with Crippen molar-refractivity contribution in [2.45, 2.75) is 0 Å². The average Bonchev–Trinajstić information content (AvgIpc) is 2.18. The molecule has 15 heavy (non-hydrogen) atoms. The lowest BCUT2D eigenvalue weighted by molar-refractivity contribution is -0.121. The molecule has 1 rings (SSSR count). The highest BCUT2D eigenvalue weighted by Gasteiger charge is 2.13. The predicted octanol–water partition coefficient (Wildman–Crippen LogP) is 0.673. The van der Waals surface area contributed by atoms with Crippen LogP contribution in [0.3, 0.4) is 0 Å². The second kappa shape index (κ2) is 4.79. The van der Waals surface area contributed by atoms with Gasteiger partial charge in [0.1, 0.15) is 0 Å². The number of carbonyl (C=O) groups is 2. The van der Waals surface area contributed by atoms with Crippen molar-refractivity contribution in [2.75, 3.05) is 12.3 Å². The van der Waals surface area contributed by atoms with Crippen molar-refractivity contribution in [3.05, 3.63) is 28.2 Å². The number of primary amides is 1. The quantitative estimate of drug-likeness (QED) is 0.625. The van der Waals surface area contributed by atoms with Crippen molar-refractivity contribution in [1.82, 2.24) is 0 Å². The van der Waals surface area contributed by atoms with Gasteiger partial charge in [0, 0.05) is 5.69 Å². The summed E-state index contributed by atoms with van der Waals surface area (Å²) in [7, 11) is 0. The van der Waals surface area contributed by atoms with E-state index in [1.165, 1.54) is 6.07 Å². The number of hydrogen-bond acceptors (Lipinski definition) is 4. The van der Waals surface area contributed by atoms with E-state index in [0.717, 1.165) is 0 Å². The Bertz CT molecular complexity index is 406. The van der Waals surface area contributed by atoms with Crippen LogP contribution in [0.25, 0.3) is 0 Å². The van der Waals surface area contributed by atoms with Gasteiger partial charge in [-0.15, -0.1) is 0 Å². The van der Waals surface area contributed by atoms with Gasteiger partial charge in [-0.1, -0.05) is 6.07 Å². The van der Waals surface area contributed by atoms with Gasteiger partial charge in [-0.05, 0) is 28.1 Å². The van der Waals surface area contributed by atoms with Crippen LogP contribution in [0.5, 0.6) is 0 Å². The molecule has 0 atom stereocenters. The molecule has 1 aromatic rings. The van der Waals surface area contributed by atoms with E-state index in [1.54, 1.807) is 12.1 Å². The number of esters is 1. The Morgan fingerprint density at radius 2 is 2.07 bits per heavy atom. The predicted molar refractivity (Wildman–Crippen MR) is 58.0 cm³/mol. The Morgan fingerprint density at radius 3 is 2.67 bits per heavy atom. The first-order chi connectivity index (χ1) is 7.02. The monoisotopic (exact) mass is 272 g/mol. The zero-order valence-corrected chi connectivity index (χ0v) is 9.28. The van der Waals surface area contributed by atoms with Crippen molar-refractivity contribution >= 4 is 33.5 Å². The number of rotatable bonds is 3. The molecule has 0 saturated carbocycles. The van der Waals surface area contributed by atoms with Gasteiger partial charge in [-0.3, -0.25) is 4.79 Å². The fourth-order valence-electron chi connectivity index (χ4n) is 0.922. The maximum absolute atomic E-state index is 11.4. The van der Waals surface area contributed by atoms with Crippen molar-refractivity contribution in [3.8, 4) is 0 Å². The molecule has 0 aliphatic carbocycles. The summed E-state index contributed by atoms with van der Waals surface area (Å²) in [5.41, 5.74) is 11.1. The third-order valence-electron chi connectivity index (χ3n) is 1.59. The first-order valence-corrected chi connectivity index (χ1v) is 4.81. The Morgan fingerprint density at radius 1 is 1.40 bits per heavy atom. The lowest BCUT2D eigenvalue weighted by atomic mass is 10.2. The largest absolute Gasteiger partial charge is 0.452 e. The molecule has 0 aliphatic heterocycles. The van der Waals surface area contributed by atoms with Crippen LogP contribution >= 0.6 is 15.9 Å². The summed E-state index contributed by atoms with van der Waals surface area (Å²) in [6.07, 6.45) is 0. The van der Waals surface area contributed by atoms with Gasteiger partial charge in [-0.25, -0.2) is 4.79 Å². The maximum Gasteiger partial charge on any atom is 0.339 e. The van der Waals surface area contributed by atoms with E-state index in [9.17, 15) is 9.59 Å². The molecule has 0 unspecified atom stereocenters. The highest BCUT2D eigenvalue weighted by atomic mass is 79.9. The number of halogens is 1. The fourth-order valence-corrected chi connectivity index (χ4v) is 1.35. The van der Waals surface area contributed by atoms with Crippen LogP contribution in [0.4, 0.5) is 5.69 Å². The number of carbonyl (C=O) groups excluding carboxylic acids is 2. The fraction of sp³-hybridized carbons (Fsp3) is 0.111. The minimum absolute atomic E-state index is 0.260. The van der Waals surface area contributed by atoms with Crippen LogP contribution in [0, 0.1) is 0 Å². The molecule has 0 fully saturated rings. The standard InChI is InChI=1S/C9H9BrN2O3/c10-8-5(2-1-3-6(8)11)9(14)15-4-7(12)13/h1-3H,4,11H2,(H2,12,13).